The maximum absolute atomic E-state index is 13.3. The Labute approximate surface area is 241 Å². The Morgan fingerprint density at radius 2 is 1.88 bits per heavy atom. The minimum atomic E-state index is -1.03. The van der Waals surface area contributed by atoms with Crippen molar-refractivity contribution in [2.45, 2.75) is 85.9 Å². The largest absolute Gasteiger partial charge is 0.480 e. The number of benzene rings is 1. The van der Waals surface area contributed by atoms with Crippen molar-refractivity contribution in [1.29, 1.82) is 0 Å². The van der Waals surface area contributed by atoms with Crippen molar-refractivity contribution in [2.24, 2.45) is 11.3 Å². The first kappa shape index (κ1) is 31.7. The molecule has 222 valence electrons. The van der Waals surface area contributed by atoms with Crippen LogP contribution in [0.5, 0.6) is 0 Å². The molecule has 0 spiro atoms. The van der Waals surface area contributed by atoms with Crippen LogP contribution in [0.3, 0.4) is 0 Å². The van der Waals surface area contributed by atoms with Gasteiger partial charge in [0.05, 0.1) is 10.9 Å². The lowest BCUT2D eigenvalue weighted by molar-refractivity contribution is -0.148. The quantitative estimate of drug-likeness (QED) is 0.346. The van der Waals surface area contributed by atoms with Gasteiger partial charge in [0.2, 0.25) is 11.8 Å². The molecule has 3 rings (SSSR count). The maximum atomic E-state index is 13.3. The minimum Gasteiger partial charge on any atom is -0.480 e. The predicted octanol–water partition coefficient (Wildman–Crippen LogP) is 3.37. The van der Waals surface area contributed by atoms with Crippen molar-refractivity contribution in [3.63, 3.8) is 0 Å². The molecule has 2 heterocycles. The lowest BCUT2D eigenvalue weighted by Gasteiger charge is -2.34. The number of carboxylic acid groups (broad SMARTS) is 1. The summed E-state index contributed by atoms with van der Waals surface area (Å²) in [5.74, 6) is -2.52. The van der Waals surface area contributed by atoms with E-state index in [9.17, 15) is 24.3 Å². The maximum Gasteiger partial charge on any atom is 0.322 e. The minimum absolute atomic E-state index is 0.242. The Morgan fingerprint density at radius 3 is 2.51 bits per heavy atom. The Morgan fingerprint density at radius 1 is 1.17 bits per heavy atom. The van der Waals surface area contributed by atoms with Crippen LogP contribution in [0.2, 0.25) is 0 Å². The number of hydrazine groups is 1. The summed E-state index contributed by atoms with van der Waals surface area (Å²) in [7, 11) is 0. The second-order valence-corrected chi connectivity index (χ2v) is 11.7. The molecule has 1 unspecified atom stereocenters. The van der Waals surface area contributed by atoms with Gasteiger partial charge in [0.15, 0.2) is 0 Å². The van der Waals surface area contributed by atoms with Gasteiger partial charge in [-0.2, -0.15) is 0 Å². The molecule has 41 heavy (non-hydrogen) atoms. The van der Waals surface area contributed by atoms with Crippen LogP contribution in [0.4, 0.5) is 0 Å². The van der Waals surface area contributed by atoms with Crippen LogP contribution in [-0.2, 0) is 25.6 Å². The number of rotatable bonds is 10. The summed E-state index contributed by atoms with van der Waals surface area (Å²) in [5, 5.41) is 17.1. The van der Waals surface area contributed by atoms with Crippen molar-refractivity contribution < 1.29 is 24.3 Å². The standard InChI is InChI=1S/C31H43N5O5/c1-8-23-19(4)16-22-12-11-21(17-25(22)33-23)13-14-31(6,7)30(41)34-26(18(2)3)27(37)32-20(5)28(38)36-15-9-10-24(35-36)29(39)40/h11-14,16-18,20,24,26,35H,8-10,15H2,1-7H3,(H,32,37)(H,34,41)(H,39,40)/b14-13+/t20-,24?,26-/m0/s1. The molecule has 10 nitrogen and oxygen atoms in total. The molecular formula is C31H43N5O5. The molecule has 3 amide bonds. The Balaban J connectivity index is 1.66. The Bertz CT molecular complexity index is 1340. The van der Waals surface area contributed by atoms with Crippen molar-refractivity contribution in [3.8, 4) is 0 Å². The number of fused-ring (bicyclic) bond motifs is 1. The van der Waals surface area contributed by atoms with Gasteiger partial charge in [0, 0.05) is 17.6 Å². The predicted molar refractivity (Wildman–Crippen MR) is 159 cm³/mol. The highest BCUT2D eigenvalue weighted by Gasteiger charge is 2.34. The summed E-state index contributed by atoms with van der Waals surface area (Å²) in [6.45, 7) is 13.2. The SMILES string of the molecule is CCc1nc2cc(/C=C/C(C)(C)C(=O)N[C@H](C(=O)N[C@@H](C)C(=O)N3CCCC(C(=O)O)N3)C(C)C)ccc2cc1C. The van der Waals surface area contributed by atoms with Crippen LogP contribution in [-0.4, -0.2) is 63.5 Å². The van der Waals surface area contributed by atoms with E-state index in [-0.39, 0.29) is 11.8 Å². The third kappa shape index (κ3) is 7.91. The molecule has 1 aromatic carbocycles. The number of carbonyl (C=O) groups is 4. The number of hydrogen-bond donors (Lipinski definition) is 4. The first-order valence-corrected chi connectivity index (χ1v) is 14.2. The number of nitrogens with one attached hydrogen (secondary N) is 3. The van der Waals surface area contributed by atoms with Gasteiger partial charge >= 0.3 is 5.97 Å². The zero-order valence-corrected chi connectivity index (χ0v) is 25.1. The summed E-state index contributed by atoms with van der Waals surface area (Å²) in [4.78, 5) is 55.4. The van der Waals surface area contributed by atoms with Gasteiger partial charge in [-0.05, 0) is 76.1 Å². The van der Waals surface area contributed by atoms with E-state index in [0.717, 1.165) is 28.6 Å². The number of carboxylic acids is 1. The fourth-order valence-corrected chi connectivity index (χ4v) is 4.76. The zero-order valence-electron chi connectivity index (χ0n) is 25.1. The van der Waals surface area contributed by atoms with Crippen molar-refractivity contribution in [3.05, 3.63) is 47.2 Å². The Hall–Kier alpha value is -3.79. The van der Waals surface area contributed by atoms with Crippen molar-refractivity contribution in [2.75, 3.05) is 6.54 Å². The number of amides is 3. The van der Waals surface area contributed by atoms with Crippen LogP contribution < -0.4 is 16.1 Å². The molecule has 0 radical (unpaired) electrons. The number of aryl methyl sites for hydroxylation is 2. The number of pyridine rings is 1. The summed E-state index contributed by atoms with van der Waals surface area (Å²) >= 11 is 0. The van der Waals surface area contributed by atoms with Gasteiger partial charge in [-0.3, -0.25) is 29.2 Å². The lowest BCUT2D eigenvalue weighted by Crippen LogP contribution is -2.61. The molecule has 1 aliphatic heterocycles. The van der Waals surface area contributed by atoms with E-state index in [2.05, 4.69) is 36.0 Å². The van der Waals surface area contributed by atoms with Crippen LogP contribution in [0.15, 0.2) is 30.3 Å². The first-order chi connectivity index (χ1) is 19.2. The monoisotopic (exact) mass is 565 g/mol. The van der Waals surface area contributed by atoms with E-state index in [1.165, 1.54) is 10.6 Å². The molecule has 1 fully saturated rings. The first-order valence-electron chi connectivity index (χ1n) is 14.2. The fourth-order valence-electron chi connectivity index (χ4n) is 4.76. The molecule has 1 aliphatic rings. The van der Waals surface area contributed by atoms with Gasteiger partial charge in [-0.25, -0.2) is 5.43 Å². The lowest BCUT2D eigenvalue weighted by atomic mass is 9.89. The molecule has 0 aliphatic carbocycles. The molecule has 1 saturated heterocycles. The molecule has 2 aromatic rings. The van der Waals surface area contributed by atoms with E-state index in [0.29, 0.717) is 19.4 Å². The number of hydrogen-bond acceptors (Lipinski definition) is 6. The zero-order chi connectivity index (χ0) is 30.5. The fraction of sp³-hybridized carbons (Fsp3) is 0.516. The number of aromatic nitrogens is 1. The van der Waals surface area contributed by atoms with Crippen LogP contribution in [0.25, 0.3) is 17.0 Å². The molecular weight excluding hydrogens is 522 g/mol. The Kier molecular flexibility index (Phi) is 10.3. The number of carbonyl (C=O) groups excluding carboxylic acids is 3. The van der Waals surface area contributed by atoms with Crippen LogP contribution in [0, 0.1) is 18.3 Å². The molecule has 1 aromatic heterocycles. The topological polar surface area (TPSA) is 141 Å². The highest BCUT2D eigenvalue weighted by molar-refractivity contribution is 5.94. The normalized spacial score (nSPS) is 17.5. The third-order valence-corrected chi connectivity index (χ3v) is 7.46. The molecule has 0 saturated carbocycles. The highest BCUT2D eigenvalue weighted by Crippen LogP contribution is 2.23. The number of aliphatic carboxylic acids is 1. The van der Waals surface area contributed by atoms with Gasteiger partial charge in [-0.1, -0.05) is 45.1 Å². The molecule has 3 atom stereocenters. The van der Waals surface area contributed by atoms with Crippen LogP contribution in [0.1, 0.15) is 71.2 Å². The van der Waals surface area contributed by atoms with Gasteiger partial charge in [0.1, 0.15) is 18.1 Å². The van der Waals surface area contributed by atoms with Crippen molar-refractivity contribution >= 4 is 40.7 Å². The average Bonchev–Trinajstić information content (AvgIpc) is 2.93. The average molecular weight is 566 g/mol. The summed E-state index contributed by atoms with van der Waals surface area (Å²) in [6, 6.07) is 5.50. The molecule has 10 heteroatoms. The summed E-state index contributed by atoms with van der Waals surface area (Å²) in [5.41, 5.74) is 5.82. The van der Waals surface area contributed by atoms with Gasteiger partial charge in [0.25, 0.3) is 5.91 Å². The van der Waals surface area contributed by atoms with Gasteiger partial charge in [-0.15, -0.1) is 0 Å². The van der Waals surface area contributed by atoms with Crippen molar-refractivity contribution in [1.82, 2.24) is 26.1 Å². The second kappa shape index (κ2) is 13.2. The molecule has 0 bridgehead atoms. The van der Waals surface area contributed by atoms with E-state index in [1.807, 2.05) is 38.1 Å². The van der Waals surface area contributed by atoms with E-state index >= 15 is 0 Å². The van der Waals surface area contributed by atoms with Gasteiger partial charge < -0.3 is 15.7 Å². The number of nitrogens with zero attached hydrogens (tertiary/aromatic N) is 2. The smallest absolute Gasteiger partial charge is 0.322 e. The second-order valence-electron chi connectivity index (χ2n) is 11.7. The summed E-state index contributed by atoms with van der Waals surface area (Å²) in [6.07, 6.45) is 5.50. The highest BCUT2D eigenvalue weighted by atomic mass is 16.4. The van der Waals surface area contributed by atoms with E-state index < -0.39 is 41.3 Å². The van der Waals surface area contributed by atoms with Crippen LogP contribution >= 0.6 is 0 Å². The van der Waals surface area contributed by atoms with E-state index in [1.54, 1.807) is 26.8 Å². The van der Waals surface area contributed by atoms with E-state index in [4.69, 9.17) is 4.98 Å². The molecule has 4 N–H and O–H groups in total. The third-order valence-electron chi connectivity index (χ3n) is 7.46. The summed E-state index contributed by atoms with van der Waals surface area (Å²) < 4.78 is 0.